The molecule has 0 bridgehead atoms. The summed E-state index contributed by atoms with van der Waals surface area (Å²) in [6.07, 6.45) is 0. The van der Waals surface area contributed by atoms with Gasteiger partial charge in [-0.25, -0.2) is 4.79 Å². The number of hydrogen-bond acceptors (Lipinski definition) is 5. The summed E-state index contributed by atoms with van der Waals surface area (Å²) in [6.45, 7) is 4.08. The summed E-state index contributed by atoms with van der Waals surface area (Å²) >= 11 is 3.33. The van der Waals surface area contributed by atoms with E-state index in [0.29, 0.717) is 0 Å². The average Bonchev–Trinajstić information content (AvgIpc) is 2.31. The fraction of sp³-hybridized carbons (Fsp3) is 0.667. The average molecular weight is 312 g/mol. The van der Waals surface area contributed by atoms with Gasteiger partial charge in [0.1, 0.15) is 5.54 Å². The zero-order chi connectivity index (χ0) is 15.4. The van der Waals surface area contributed by atoms with E-state index in [1.165, 1.54) is 20.8 Å². The van der Waals surface area contributed by atoms with Gasteiger partial charge in [-0.2, -0.15) is 8.42 Å². The van der Waals surface area contributed by atoms with Crippen LogP contribution < -0.4 is 5.32 Å². The number of amides is 3. The number of urea groups is 1. The Labute approximate surface area is 116 Å². The lowest BCUT2D eigenvalue weighted by atomic mass is 10.1. The molecule has 8 nitrogen and oxygen atoms in total. The predicted octanol–water partition coefficient (Wildman–Crippen LogP) is -0.333. The van der Waals surface area contributed by atoms with Crippen LogP contribution >= 0.6 is 12.6 Å². The van der Waals surface area contributed by atoms with Crippen LogP contribution in [-0.4, -0.2) is 52.8 Å². The summed E-state index contributed by atoms with van der Waals surface area (Å²) in [5, 5.41) is 2.25. The summed E-state index contributed by atoms with van der Waals surface area (Å²) in [4.78, 5) is 32.8. The van der Waals surface area contributed by atoms with Crippen molar-refractivity contribution in [2.24, 2.45) is 0 Å². The van der Waals surface area contributed by atoms with Gasteiger partial charge < -0.3 is 5.32 Å². The summed E-state index contributed by atoms with van der Waals surface area (Å²) in [7, 11) is -4.17. The van der Waals surface area contributed by atoms with Crippen LogP contribution in [0.1, 0.15) is 20.8 Å². The number of rotatable bonds is 3. The smallest absolute Gasteiger partial charge is 0.324 e. The van der Waals surface area contributed by atoms with E-state index in [2.05, 4.69) is 17.9 Å². The van der Waals surface area contributed by atoms with Gasteiger partial charge in [-0.05, 0) is 13.8 Å². The summed E-state index contributed by atoms with van der Waals surface area (Å²) in [6, 6.07) is -0.645. The van der Waals surface area contributed by atoms with Gasteiger partial charge in [0.25, 0.3) is 16.0 Å². The van der Waals surface area contributed by atoms with Gasteiger partial charge in [0.2, 0.25) is 0 Å². The van der Waals surface area contributed by atoms with Crippen LogP contribution in [-0.2, 0) is 19.7 Å². The second-order valence-corrected chi connectivity index (χ2v) is 6.52. The maximum Gasteiger partial charge on any atom is 0.325 e. The van der Waals surface area contributed by atoms with Crippen molar-refractivity contribution in [1.82, 2.24) is 10.2 Å². The van der Waals surface area contributed by atoms with E-state index in [1.807, 2.05) is 0 Å². The molecule has 0 unspecified atom stereocenters. The monoisotopic (exact) mass is 312 g/mol. The highest BCUT2D eigenvalue weighted by molar-refractivity contribution is 7.96. The molecular formula is C9H16N2O6S2. The minimum Gasteiger partial charge on any atom is -0.324 e. The van der Waals surface area contributed by atoms with Crippen molar-refractivity contribution in [3.05, 3.63) is 0 Å². The van der Waals surface area contributed by atoms with E-state index in [-0.39, 0.29) is 11.7 Å². The molecule has 3 amide bonds. The van der Waals surface area contributed by atoms with Gasteiger partial charge in [0.15, 0.2) is 5.12 Å². The van der Waals surface area contributed by atoms with E-state index >= 15 is 0 Å². The lowest BCUT2D eigenvalue weighted by molar-refractivity contribution is -0.130. The first kappa shape index (κ1) is 17.9. The highest BCUT2D eigenvalue weighted by Gasteiger charge is 2.44. The van der Waals surface area contributed by atoms with Gasteiger partial charge in [-0.15, -0.1) is 12.6 Å². The number of hydrogen-bond donors (Lipinski definition) is 3. The molecule has 19 heavy (non-hydrogen) atoms. The predicted molar refractivity (Wildman–Crippen MR) is 70.4 cm³/mol. The molecule has 1 saturated heterocycles. The van der Waals surface area contributed by atoms with Crippen LogP contribution in [0.2, 0.25) is 0 Å². The number of nitrogens with one attached hydrogen (secondary N) is 1. The molecule has 2 N–H and O–H groups in total. The van der Waals surface area contributed by atoms with Crippen molar-refractivity contribution in [3.63, 3.8) is 0 Å². The molecule has 0 aliphatic carbocycles. The standard InChI is InChI=1S/C7H12N2O5S.C2H4OS/c1-7(2)5(10)9(6(11)8-7)3-4-15(12,13)14;1-2(3)4/h3-4H2,1-2H3,(H,8,11)(H,12,13,14);1H3,(H,3,4). The van der Waals surface area contributed by atoms with Crippen LogP contribution in [0, 0.1) is 0 Å². The molecule has 10 heteroatoms. The molecule has 0 spiro atoms. The third kappa shape index (κ3) is 6.55. The first-order valence-corrected chi connectivity index (χ1v) is 7.21. The van der Waals surface area contributed by atoms with Crippen molar-refractivity contribution < 1.29 is 27.4 Å². The maximum atomic E-state index is 11.5. The Bertz CT molecular complexity index is 481. The topological polar surface area (TPSA) is 121 Å². The number of carbonyl (C=O) groups is 3. The van der Waals surface area contributed by atoms with Crippen molar-refractivity contribution in [2.75, 3.05) is 12.3 Å². The van der Waals surface area contributed by atoms with Crippen molar-refractivity contribution in [3.8, 4) is 0 Å². The van der Waals surface area contributed by atoms with Crippen LogP contribution in [0.15, 0.2) is 0 Å². The molecule has 0 atom stereocenters. The lowest BCUT2D eigenvalue weighted by Crippen LogP contribution is -2.40. The maximum absolute atomic E-state index is 11.5. The van der Waals surface area contributed by atoms with Gasteiger partial charge >= 0.3 is 6.03 Å². The number of imide groups is 1. The zero-order valence-electron chi connectivity index (χ0n) is 10.7. The van der Waals surface area contributed by atoms with Crippen molar-refractivity contribution in [1.29, 1.82) is 0 Å². The SMILES string of the molecule is CC(=O)S.CC1(C)NC(=O)N(CCS(=O)(=O)O)C1=O. The third-order valence-corrected chi connectivity index (χ3v) is 2.72. The molecule has 0 radical (unpaired) electrons. The Balaban J connectivity index is 0.000000711. The van der Waals surface area contributed by atoms with Crippen LogP contribution in [0.3, 0.4) is 0 Å². The van der Waals surface area contributed by atoms with E-state index in [4.69, 9.17) is 4.55 Å². The number of nitrogens with zero attached hydrogens (tertiary/aromatic N) is 1. The summed E-state index contributed by atoms with van der Waals surface area (Å²) in [5.74, 6) is -1.15. The molecule has 110 valence electrons. The van der Waals surface area contributed by atoms with Crippen molar-refractivity contribution >= 4 is 39.8 Å². The first-order chi connectivity index (χ1) is 8.37. The van der Waals surface area contributed by atoms with Gasteiger partial charge in [-0.3, -0.25) is 19.0 Å². The third-order valence-electron chi connectivity index (χ3n) is 2.02. The number of thiol groups is 1. The van der Waals surface area contributed by atoms with E-state index in [1.54, 1.807) is 0 Å². The molecule has 0 aromatic carbocycles. The molecule has 0 aromatic heterocycles. The van der Waals surface area contributed by atoms with Crippen LogP contribution in [0.5, 0.6) is 0 Å². The molecular weight excluding hydrogens is 296 g/mol. The number of carbonyl (C=O) groups excluding carboxylic acids is 3. The fourth-order valence-corrected chi connectivity index (χ4v) is 1.64. The highest BCUT2D eigenvalue weighted by Crippen LogP contribution is 2.16. The van der Waals surface area contributed by atoms with Gasteiger partial charge in [0.05, 0.1) is 5.75 Å². The Morgan fingerprint density at radius 1 is 1.42 bits per heavy atom. The van der Waals surface area contributed by atoms with E-state index in [9.17, 15) is 22.8 Å². The second kappa shape index (κ2) is 6.35. The summed E-state index contributed by atoms with van der Waals surface area (Å²) in [5.41, 5.74) is -1.02. The van der Waals surface area contributed by atoms with Gasteiger partial charge in [0, 0.05) is 13.5 Å². The molecule has 1 aliphatic heterocycles. The summed E-state index contributed by atoms with van der Waals surface area (Å²) < 4.78 is 29.4. The molecule has 0 aromatic rings. The largest absolute Gasteiger partial charge is 0.325 e. The quantitative estimate of drug-likeness (QED) is 0.373. The minimum atomic E-state index is -4.17. The van der Waals surface area contributed by atoms with Gasteiger partial charge in [-0.1, -0.05) is 0 Å². The Kier molecular flexibility index (Phi) is 5.97. The molecule has 0 saturated carbocycles. The first-order valence-electron chi connectivity index (χ1n) is 5.15. The van der Waals surface area contributed by atoms with Crippen LogP contribution in [0.25, 0.3) is 0 Å². The zero-order valence-corrected chi connectivity index (χ0v) is 12.4. The normalized spacial score (nSPS) is 17.6. The molecule has 1 rings (SSSR count). The van der Waals surface area contributed by atoms with Crippen LogP contribution in [0.4, 0.5) is 4.79 Å². The van der Waals surface area contributed by atoms with E-state index < -0.39 is 33.3 Å². The minimum absolute atomic E-state index is 0.139. The molecule has 1 aliphatic rings. The van der Waals surface area contributed by atoms with Crippen molar-refractivity contribution in [2.45, 2.75) is 26.3 Å². The molecule has 1 heterocycles. The highest BCUT2D eigenvalue weighted by atomic mass is 32.2. The molecule has 1 fully saturated rings. The fourth-order valence-electron chi connectivity index (χ4n) is 1.23. The van der Waals surface area contributed by atoms with E-state index in [0.717, 1.165) is 4.90 Å². The lowest BCUT2D eigenvalue weighted by Gasteiger charge is -2.15. The Morgan fingerprint density at radius 3 is 2.11 bits per heavy atom. The Hall–Kier alpha value is -1.13. The second-order valence-electron chi connectivity index (χ2n) is 4.32. The Morgan fingerprint density at radius 2 is 1.84 bits per heavy atom.